The highest BCUT2D eigenvalue weighted by atomic mass is 16.4. The van der Waals surface area contributed by atoms with Gasteiger partial charge < -0.3 is 26.0 Å². The average Bonchev–Trinajstić information content (AvgIpc) is 2.27. The second kappa shape index (κ2) is 8.24. The van der Waals surface area contributed by atoms with E-state index in [0.29, 0.717) is 19.3 Å². The summed E-state index contributed by atoms with van der Waals surface area (Å²) in [6.45, 7) is 3.45. The van der Waals surface area contributed by atoms with Crippen LogP contribution in [0.4, 0.5) is 0 Å². The Hall–Kier alpha value is -1.89. The third-order valence-electron chi connectivity index (χ3n) is 2.20. The molecule has 0 aromatic heterocycles. The molecule has 0 aromatic carbocycles. The van der Waals surface area contributed by atoms with Crippen molar-refractivity contribution in [2.75, 3.05) is 6.54 Å². The number of nitrogens with zero attached hydrogens (tertiary/aromatic N) is 1. The van der Waals surface area contributed by atoms with Gasteiger partial charge in [0.1, 0.15) is 6.04 Å². The van der Waals surface area contributed by atoms with Crippen molar-refractivity contribution in [3.8, 4) is 0 Å². The van der Waals surface area contributed by atoms with E-state index in [0.717, 1.165) is 0 Å². The maximum Gasteiger partial charge on any atom is 0.331 e. The van der Waals surface area contributed by atoms with Gasteiger partial charge in [-0.05, 0) is 25.2 Å². The molecule has 0 saturated carbocycles. The number of aliphatic imine (C=N–C) groups is 1. The minimum Gasteiger partial charge on any atom is -0.862 e. The summed E-state index contributed by atoms with van der Waals surface area (Å²) < 4.78 is 0. The van der Waals surface area contributed by atoms with Crippen molar-refractivity contribution < 1.29 is 24.9 Å². The highest BCUT2D eigenvalue weighted by Gasteiger charge is 2.09. The SMILES string of the molecule is C=C(CC([O-])=NCCCC[C@H](N)C(=O)O)C(=O)O. The van der Waals surface area contributed by atoms with E-state index in [2.05, 4.69) is 11.6 Å². The van der Waals surface area contributed by atoms with Crippen molar-refractivity contribution in [1.29, 1.82) is 0 Å². The molecule has 0 unspecified atom stereocenters. The zero-order valence-corrected chi connectivity index (χ0v) is 9.96. The number of rotatable bonds is 9. The lowest BCUT2D eigenvalue weighted by Gasteiger charge is -2.10. The number of hydrogen-bond donors (Lipinski definition) is 3. The second-order valence-electron chi connectivity index (χ2n) is 3.80. The first-order chi connectivity index (χ1) is 8.34. The van der Waals surface area contributed by atoms with Crippen LogP contribution in [0, 0.1) is 0 Å². The first-order valence-corrected chi connectivity index (χ1v) is 5.44. The molecule has 1 atom stereocenters. The van der Waals surface area contributed by atoms with Gasteiger partial charge in [-0.25, -0.2) is 4.79 Å². The highest BCUT2D eigenvalue weighted by molar-refractivity contribution is 5.92. The zero-order valence-electron chi connectivity index (χ0n) is 9.96. The van der Waals surface area contributed by atoms with Crippen LogP contribution in [0.5, 0.6) is 0 Å². The third-order valence-corrected chi connectivity index (χ3v) is 2.20. The van der Waals surface area contributed by atoms with E-state index in [1.54, 1.807) is 0 Å². The highest BCUT2D eigenvalue weighted by Crippen LogP contribution is 2.01. The lowest BCUT2D eigenvalue weighted by atomic mass is 10.1. The van der Waals surface area contributed by atoms with Crippen molar-refractivity contribution in [3.05, 3.63) is 12.2 Å². The molecule has 0 heterocycles. The van der Waals surface area contributed by atoms with Gasteiger partial charge in [-0.2, -0.15) is 0 Å². The summed E-state index contributed by atoms with van der Waals surface area (Å²) in [7, 11) is 0. The molecule has 0 fully saturated rings. The smallest absolute Gasteiger partial charge is 0.331 e. The minimum atomic E-state index is -1.22. The topological polar surface area (TPSA) is 136 Å². The predicted molar refractivity (Wildman–Crippen MR) is 63.2 cm³/mol. The van der Waals surface area contributed by atoms with Crippen LogP contribution in [0.25, 0.3) is 0 Å². The van der Waals surface area contributed by atoms with Crippen molar-refractivity contribution >= 4 is 17.8 Å². The molecule has 7 nitrogen and oxygen atoms in total. The molecule has 0 aromatic rings. The molecular weight excluding hydrogens is 240 g/mol. The number of carboxylic acid groups (broad SMARTS) is 2. The van der Waals surface area contributed by atoms with E-state index in [1.807, 2.05) is 0 Å². The average molecular weight is 257 g/mol. The fraction of sp³-hybridized carbons (Fsp3) is 0.545. The molecule has 102 valence electrons. The van der Waals surface area contributed by atoms with Gasteiger partial charge in [0, 0.05) is 18.5 Å². The summed E-state index contributed by atoms with van der Waals surface area (Å²) in [5.74, 6) is -2.81. The van der Waals surface area contributed by atoms with Gasteiger partial charge in [0.2, 0.25) is 0 Å². The molecule has 0 amide bonds. The van der Waals surface area contributed by atoms with Crippen molar-refractivity contribution in [2.24, 2.45) is 10.7 Å². The van der Waals surface area contributed by atoms with Gasteiger partial charge in [-0.1, -0.05) is 6.58 Å². The molecule has 0 rings (SSSR count). The van der Waals surface area contributed by atoms with Crippen LogP contribution in [0.1, 0.15) is 25.7 Å². The number of unbranched alkanes of at least 4 members (excludes halogenated alkanes) is 1. The monoisotopic (exact) mass is 257 g/mol. The Labute approximate surface area is 105 Å². The number of carboxylic acids is 2. The quantitative estimate of drug-likeness (QED) is 0.217. The minimum absolute atomic E-state index is 0.198. The fourth-order valence-corrected chi connectivity index (χ4v) is 1.12. The molecule has 0 aliphatic heterocycles. The van der Waals surface area contributed by atoms with Crippen LogP contribution in [0.15, 0.2) is 17.1 Å². The molecule has 0 bridgehead atoms. The van der Waals surface area contributed by atoms with Gasteiger partial charge >= 0.3 is 11.9 Å². The van der Waals surface area contributed by atoms with Gasteiger partial charge in [0.15, 0.2) is 0 Å². The van der Waals surface area contributed by atoms with Crippen LogP contribution < -0.4 is 10.8 Å². The van der Waals surface area contributed by atoms with E-state index in [-0.39, 0.29) is 18.5 Å². The number of carbonyl (C=O) groups is 2. The molecule has 0 radical (unpaired) electrons. The maximum absolute atomic E-state index is 11.2. The molecule has 7 heteroatoms. The Morgan fingerprint density at radius 1 is 1.33 bits per heavy atom. The summed E-state index contributed by atoms with van der Waals surface area (Å²) in [5, 5.41) is 28.2. The Bertz CT molecular complexity index is 351. The van der Waals surface area contributed by atoms with Crippen molar-refractivity contribution in [1.82, 2.24) is 0 Å². The molecule has 0 aliphatic carbocycles. The van der Waals surface area contributed by atoms with Gasteiger partial charge in [0.05, 0.1) is 0 Å². The largest absolute Gasteiger partial charge is 0.862 e. The van der Waals surface area contributed by atoms with E-state index < -0.39 is 23.9 Å². The van der Waals surface area contributed by atoms with E-state index in [9.17, 15) is 14.7 Å². The molecule has 0 saturated heterocycles. The van der Waals surface area contributed by atoms with Crippen LogP contribution in [0.3, 0.4) is 0 Å². The summed E-state index contributed by atoms with van der Waals surface area (Å²) >= 11 is 0. The Morgan fingerprint density at radius 3 is 2.44 bits per heavy atom. The first kappa shape index (κ1) is 16.1. The van der Waals surface area contributed by atoms with Gasteiger partial charge in [-0.3, -0.25) is 4.79 Å². The van der Waals surface area contributed by atoms with Crippen LogP contribution >= 0.6 is 0 Å². The summed E-state index contributed by atoms with van der Waals surface area (Å²) in [6.07, 6.45) is 1.10. The number of nitrogens with two attached hydrogens (primary N) is 1. The van der Waals surface area contributed by atoms with Gasteiger partial charge in [0.25, 0.3) is 0 Å². The summed E-state index contributed by atoms with van der Waals surface area (Å²) in [6, 6.07) is -0.896. The zero-order chi connectivity index (χ0) is 14.1. The second-order valence-corrected chi connectivity index (χ2v) is 3.80. The van der Waals surface area contributed by atoms with E-state index >= 15 is 0 Å². The summed E-state index contributed by atoms with van der Waals surface area (Å²) in [4.78, 5) is 24.4. The standard InChI is InChI=1S/C11H18N2O5/c1-7(10(15)16)6-9(14)13-5-3-2-4-8(12)11(17)18/h8H,1-6,12H2,(H,13,14)(H,15,16)(H,17,18)/p-1/t8-/m0/s1. The summed E-state index contributed by atoms with van der Waals surface area (Å²) in [5.41, 5.74) is 5.09. The lowest BCUT2D eigenvalue weighted by molar-refractivity contribution is -0.218. The van der Waals surface area contributed by atoms with Crippen LogP contribution in [-0.4, -0.2) is 40.6 Å². The predicted octanol–water partition coefficient (Wildman–Crippen LogP) is -0.642. The van der Waals surface area contributed by atoms with E-state index in [4.69, 9.17) is 15.9 Å². The van der Waals surface area contributed by atoms with Crippen molar-refractivity contribution in [3.63, 3.8) is 0 Å². The first-order valence-electron chi connectivity index (χ1n) is 5.44. The Morgan fingerprint density at radius 2 is 1.94 bits per heavy atom. The normalized spacial score (nSPS) is 13.1. The Kier molecular flexibility index (Phi) is 7.37. The Balaban J connectivity index is 3.79. The van der Waals surface area contributed by atoms with Crippen molar-refractivity contribution in [2.45, 2.75) is 31.7 Å². The van der Waals surface area contributed by atoms with E-state index in [1.165, 1.54) is 0 Å². The maximum atomic E-state index is 11.2. The molecule has 0 aliphatic rings. The van der Waals surface area contributed by atoms with Crippen LogP contribution in [-0.2, 0) is 9.59 Å². The number of aliphatic carboxylic acids is 2. The third kappa shape index (κ3) is 7.39. The molecule has 0 spiro atoms. The fourth-order valence-electron chi connectivity index (χ4n) is 1.12. The van der Waals surface area contributed by atoms with Crippen LogP contribution in [0.2, 0.25) is 0 Å². The van der Waals surface area contributed by atoms with Gasteiger partial charge in [-0.15, -0.1) is 0 Å². The lowest BCUT2D eigenvalue weighted by Crippen LogP contribution is -2.29. The molecule has 18 heavy (non-hydrogen) atoms. The number of hydrogen-bond acceptors (Lipinski definition) is 5. The molecular formula is C11H17N2O5-. The molecule has 4 N–H and O–H groups in total.